The van der Waals surface area contributed by atoms with Crippen molar-refractivity contribution in [3.8, 4) is 5.75 Å². The van der Waals surface area contributed by atoms with Gasteiger partial charge in [-0.05, 0) is 50.9 Å². The van der Waals surface area contributed by atoms with E-state index < -0.39 is 5.60 Å². The van der Waals surface area contributed by atoms with E-state index in [1.165, 1.54) is 5.56 Å². The molecule has 0 aliphatic carbocycles. The second kappa shape index (κ2) is 7.65. The molecule has 0 amide bonds. The summed E-state index contributed by atoms with van der Waals surface area (Å²) in [5.74, 6) is 1.49. The SMILES string of the molecule is COc1ccc(C)cc1CC(C)(O)CCNCC(C)C. The summed E-state index contributed by atoms with van der Waals surface area (Å²) in [5.41, 5.74) is 1.54. The number of aryl methyl sites for hydroxylation is 1. The van der Waals surface area contributed by atoms with Gasteiger partial charge >= 0.3 is 0 Å². The van der Waals surface area contributed by atoms with Crippen LogP contribution in [-0.2, 0) is 6.42 Å². The minimum absolute atomic E-state index is 0.612. The second-order valence-corrected chi connectivity index (χ2v) is 6.34. The van der Waals surface area contributed by atoms with E-state index in [0.29, 0.717) is 12.3 Å². The molecule has 3 nitrogen and oxygen atoms in total. The fourth-order valence-corrected chi connectivity index (χ4v) is 2.29. The third-order valence-corrected chi connectivity index (χ3v) is 3.40. The quantitative estimate of drug-likeness (QED) is 0.719. The number of hydrogen-bond acceptors (Lipinski definition) is 3. The monoisotopic (exact) mass is 279 g/mol. The Hall–Kier alpha value is -1.06. The summed E-state index contributed by atoms with van der Waals surface area (Å²) < 4.78 is 5.38. The number of ether oxygens (including phenoxy) is 1. The van der Waals surface area contributed by atoms with E-state index in [-0.39, 0.29) is 0 Å². The molecule has 0 spiro atoms. The predicted molar refractivity (Wildman–Crippen MR) is 84.4 cm³/mol. The maximum absolute atomic E-state index is 10.5. The van der Waals surface area contributed by atoms with E-state index >= 15 is 0 Å². The van der Waals surface area contributed by atoms with Crippen LogP contribution in [0.4, 0.5) is 0 Å². The number of nitrogens with one attached hydrogen (secondary N) is 1. The van der Waals surface area contributed by atoms with Crippen LogP contribution >= 0.6 is 0 Å². The van der Waals surface area contributed by atoms with Crippen molar-refractivity contribution in [1.29, 1.82) is 0 Å². The van der Waals surface area contributed by atoms with Crippen LogP contribution in [0, 0.1) is 12.8 Å². The molecule has 2 N–H and O–H groups in total. The molecule has 1 aromatic rings. The Morgan fingerprint density at radius 1 is 1.35 bits per heavy atom. The van der Waals surface area contributed by atoms with Crippen molar-refractivity contribution in [3.05, 3.63) is 29.3 Å². The molecule has 0 saturated carbocycles. The van der Waals surface area contributed by atoms with Crippen molar-refractivity contribution < 1.29 is 9.84 Å². The maximum Gasteiger partial charge on any atom is 0.122 e. The van der Waals surface area contributed by atoms with Gasteiger partial charge in [-0.1, -0.05) is 31.5 Å². The highest BCUT2D eigenvalue weighted by atomic mass is 16.5. The van der Waals surface area contributed by atoms with E-state index in [4.69, 9.17) is 4.74 Å². The van der Waals surface area contributed by atoms with E-state index in [1.54, 1.807) is 7.11 Å². The summed E-state index contributed by atoms with van der Waals surface area (Å²) in [7, 11) is 1.67. The highest BCUT2D eigenvalue weighted by Gasteiger charge is 2.22. The summed E-state index contributed by atoms with van der Waals surface area (Å²) in [4.78, 5) is 0. The number of rotatable bonds is 8. The Kier molecular flexibility index (Phi) is 6.50. The first-order chi connectivity index (χ1) is 9.34. The lowest BCUT2D eigenvalue weighted by atomic mass is 9.92. The minimum Gasteiger partial charge on any atom is -0.496 e. The van der Waals surface area contributed by atoms with E-state index in [9.17, 15) is 5.11 Å². The average molecular weight is 279 g/mol. The molecule has 0 fully saturated rings. The molecule has 1 rings (SSSR count). The summed E-state index contributed by atoms with van der Waals surface area (Å²) >= 11 is 0. The first-order valence-electron chi connectivity index (χ1n) is 7.40. The molecule has 0 aliphatic heterocycles. The molecule has 3 heteroatoms. The Morgan fingerprint density at radius 2 is 2.05 bits per heavy atom. The molecule has 1 atom stereocenters. The Morgan fingerprint density at radius 3 is 2.65 bits per heavy atom. The Labute approximate surface area is 123 Å². The van der Waals surface area contributed by atoms with Gasteiger partial charge in [-0.3, -0.25) is 0 Å². The molecule has 0 aliphatic rings. The summed E-state index contributed by atoms with van der Waals surface area (Å²) in [6.07, 6.45) is 1.35. The van der Waals surface area contributed by atoms with Crippen molar-refractivity contribution in [1.82, 2.24) is 5.32 Å². The number of methoxy groups -OCH3 is 1. The van der Waals surface area contributed by atoms with Gasteiger partial charge in [0.05, 0.1) is 12.7 Å². The molecular formula is C17H29NO2. The van der Waals surface area contributed by atoms with Gasteiger partial charge in [0, 0.05) is 6.42 Å². The molecule has 114 valence electrons. The zero-order chi connectivity index (χ0) is 15.2. The van der Waals surface area contributed by atoms with Gasteiger partial charge in [0.15, 0.2) is 0 Å². The van der Waals surface area contributed by atoms with E-state index in [1.807, 2.05) is 19.1 Å². The lowest BCUT2D eigenvalue weighted by molar-refractivity contribution is 0.0508. The summed E-state index contributed by atoms with van der Waals surface area (Å²) in [5, 5.41) is 13.9. The average Bonchev–Trinajstić information content (AvgIpc) is 2.34. The summed E-state index contributed by atoms with van der Waals surface area (Å²) in [6.45, 7) is 10.1. The number of hydrogen-bond donors (Lipinski definition) is 2. The topological polar surface area (TPSA) is 41.5 Å². The second-order valence-electron chi connectivity index (χ2n) is 6.34. The lowest BCUT2D eigenvalue weighted by Crippen LogP contribution is -2.33. The van der Waals surface area contributed by atoms with Crippen molar-refractivity contribution >= 4 is 0 Å². The predicted octanol–water partition coefficient (Wildman–Crippen LogP) is 2.93. The van der Waals surface area contributed by atoms with Crippen LogP contribution in [-0.4, -0.2) is 30.9 Å². The Bertz CT molecular complexity index is 413. The largest absolute Gasteiger partial charge is 0.496 e. The lowest BCUT2D eigenvalue weighted by Gasteiger charge is -2.25. The third kappa shape index (κ3) is 5.93. The zero-order valence-electron chi connectivity index (χ0n) is 13.5. The molecule has 0 radical (unpaired) electrons. The molecule has 1 unspecified atom stereocenters. The molecular weight excluding hydrogens is 250 g/mol. The van der Waals surface area contributed by atoms with Crippen molar-refractivity contribution in [2.45, 2.75) is 46.1 Å². The van der Waals surface area contributed by atoms with Crippen LogP contribution in [0.3, 0.4) is 0 Å². The standard InChI is InChI=1S/C17H29NO2/c1-13(2)12-18-9-8-17(4,19)11-15-10-14(3)6-7-16(15)20-5/h6-7,10,13,18-19H,8-9,11-12H2,1-5H3. The van der Waals surface area contributed by atoms with Crippen LogP contribution in [0.2, 0.25) is 0 Å². The summed E-state index contributed by atoms with van der Waals surface area (Å²) in [6, 6.07) is 6.09. The molecule has 20 heavy (non-hydrogen) atoms. The molecule has 0 heterocycles. The smallest absolute Gasteiger partial charge is 0.122 e. The van der Waals surface area contributed by atoms with Gasteiger partial charge in [-0.2, -0.15) is 0 Å². The van der Waals surface area contributed by atoms with Gasteiger partial charge in [0.2, 0.25) is 0 Å². The highest BCUT2D eigenvalue weighted by Crippen LogP contribution is 2.25. The van der Waals surface area contributed by atoms with Crippen LogP contribution in [0.15, 0.2) is 18.2 Å². The van der Waals surface area contributed by atoms with Gasteiger partial charge < -0.3 is 15.2 Å². The van der Waals surface area contributed by atoms with Crippen LogP contribution in [0.1, 0.15) is 38.3 Å². The van der Waals surface area contributed by atoms with Crippen LogP contribution < -0.4 is 10.1 Å². The molecule has 1 aromatic carbocycles. The van der Waals surface area contributed by atoms with Gasteiger partial charge in [0.25, 0.3) is 0 Å². The van der Waals surface area contributed by atoms with Gasteiger partial charge in [0.1, 0.15) is 5.75 Å². The fourth-order valence-electron chi connectivity index (χ4n) is 2.29. The van der Waals surface area contributed by atoms with E-state index in [0.717, 1.165) is 30.8 Å². The first-order valence-corrected chi connectivity index (χ1v) is 7.40. The van der Waals surface area contributed by atoms with Gasteiger partial charge in [-0.15, -0.1) is 0 Å². The van der Waals surface area contributed by atoms with E-state index in [2.05, 4.69) is 32.2 Å². The normalized spacial score (nSPS) is 14.3. The maximum atomic E-state index is 10.5. The molecule has 0 saturated heterocycles. The zero-order valence-corrected chi connectivity index (χ0v) is 13.5. The number of benzene rings is 1. The molecule has 0 bridgehead atoms. The van der Waals surface area contributed by atoms with Gasteiger partial charge in [-0.25, -0.2) is 0 Å². The van der Waals surface area contributed by atoms with Crippen LogP contribution in [0.5, 0.6) is 5.75 Å². The number of aliphatic hydroxyl groups is 1. The Balaban J connectivity index is 2.59. The van der Waals surface area contributed by atoms with Crippen molar-refractivity contribution in [2.24, 2.45) is 5.92 Å². The van der Waals surface area contributed by atoms with Crippen molar-refractivity contribution in [3.63, 3.8) is 0 Å². The molecule has 0 aromatic heterocycles. The van der Waals surface area contributed by atoms with Crippen LogP contribution in [0.25, 0.3) is 0 Å². The van der Waals surface area contributed by atoms with Crippen molar-refractivity contribution in [2.75, 3.05) is 20.2 Å². The highest BCUT2D eigenvalue weighted by molar-refractivity contribution is 5.37. The minimum atomic E-state index is -0.717. The first kappa shape index (κ1) is 17.0. The fraction of sp³-hybridized carbons (Fsp3) is 0.647. The third-order valence-electron chi connectivity index (χ3n) is 3.40.